The summed E-state index contributed by atoms with van der Waals surface area (Å²) in [5, 5.41) is 17.6. The van der Waals surface area contributed by atoms with E-state index in [0.29, 0.717) is 0 Å². The van der Waals surface area contributed by atoms with Crippen LogP contribution in [0.1, 0.15) is 0 Å². The second kappa shape index (κ2) is 2.60. The van der Waals surface area contributed by atoms with Crippen molar-refractivity contribution >= 4 is 0 Å². The van der Waals surface area contributed by atoms with Gasteiger partial charge in [-0.25, -0.2) is 4.39 Å². The van der Waals surface area contributed by atoms with E-state index in [1.165, 1.54) is 0 Å². The molecule has 1 aliphatic heterocycles. The summed E-state index contributed by atoms with van der Waals surface area (Å²) in [6.45, 7) is -0.700. The van der Waals surface area contributed by atoms with Crippen LogP contribution < -0.4 is 0 Å². The number of halogens is 1. The maximum absolute atomic E-state index is 11.7. The van der Waals surface area contributed by atoms with Gasteiger partial charge in [0, 0.05) is 0 Å². The van der Waals surface area contributed by atoms with Crippen molar-refractivity contribution in [2.24, 2.45) is 0 Å². The molecule has 3 atom stereocenters. The largest absolute Gasteiger partial charge is 0.388 e. The molecule has 1 rings (SSSR count). The average molecular weight is 136 g/mol. The highest BCUT2D eigenvalue weighted by molar-refractivity contribution is 4.82. The summed E-state index contributed by atoms with van der Waals surface area (Å²) in [6.07, 6.45) is -2.78. The Morgan fingerprint density at radius 3 is 2.44 bits per heavy atom. The summed E-state index contributed by atoms with van der Waals surface area (Å²) < 4.78 is 16.4. The first-order chi connectivity index (χ1) is 4.25. The molecule has 0 aliphatic carbocycles. The van der Waals surface area contributed by atoms with Gasteiger partial charge in [-0.1, -0.05) is 0 Å². The van der Waals surface area contributed by atoms with Crippen LogP contribution >= 0.6 is 0 Å². The Balaban J connectivity index is 2.41. The molecule has 3 nitrogen and oxygen atoms in total. The summed E-state index contributed by atoms with van der Waals surface area (Å²) in [5.41, 5.74) is 0. The summed E-state index contributed by atoms with van der Waals surface area (Å²) in [7, 11) is 0. The van der Waals surface area contributed by atoms with Crippen LogP contribution in [0.3, 0.4) is 0 Å². The number of aliphatic hydroxyl groups excluding tert-OH is 2. The zero-order chi connectivity index (χ0) is 6.85. The maximum Gasteiger partial charge on any atom is 0.118 e. The number of ether oxygens (including phenoxy) is 1. The molecule has 9 heavy (non-hydrogen) atoms. The first kappa shape index (κ1) is 6.92. The molecule has 1 saturated heterocycles. The molecule has 0 bridgehead atoms. The van der Waals surface area contributed by atoms with Crippen molar-refractivity contribution in [3.8, 4) is 0 Å². The molecule has 2 N–H and O–H groups in total. The highest BCUT2D eigenvalue weighted by atomic mass is 19.1. The molecule has 1 fully saturated rings. The fraction of sp³-hybridized carbons (Fsp3) is 1.00. The molecule has 1 aliphatic rings. The Hall–Kier alpha value is -0.190. The van der Waals surface area contributed by atoms with Crippen LogP contribution in [0, 0.1) is 0 Å². The number of aliphatic hydroxyl groups is 2. The van der Waals surface area contributed by atoms with E-state index in [1.807, 2.05) is 0 Å². The SMILES string of the molecule is O[C@@H]1[C@H](O)CO[C@H]1CF. The predicted octanol–water partition coefficient (Wildman–Crippen LogP) is -0.923. The third kappa shape index (κ3) is 1.20. The molecule has 4 heteroatoms. The fourth-order valence-corrected chi connectivity index (χ4v) is 0.803. The van der Waals surface area contributed by atoms with E-state index >= 15 is 0 Å². The van der Waals surface area contributed by atoms with E-state index < -0.39 is 25.0 Å². The van der Waals surface area contributed by atoms with Gasteiger partial charge in [0.1, 0.15) is 25.0 Å². The monoisotopic (exact) mass is 136 g/mol. The van der Waals surface area contributed by atoms with Crippen LogP contribution in [-0.4, -0.2) is 41.8 Å². The number of alkyl halides is 1. The Morgan fingerprint density at radius 2 is 2.22 bits per heavy atom. The minimum Gasteiger partial charge on any atom is -0.388 e. The van der Waals surface area contributed by atoms with Crippen LogP contribution in [0.2, 0.25) is 0 Å². The van der Waals surface area contributed by atoms with Crippen molar-refractivity contribution in [3.05, 3.63) is 0 Å². The standard InChI is InChI=1S/C5H9FO3/c6-1-4-5(8)3(7)2-9-4/h3-5,7-8H,1-2H2/t3-,4+,5-/m1/s1. The molecule has 0 radical (unpaired) electrons. The minimum absolute atomic E-state index is 0.0375. The molecular weight excluding hydrogens is 127 g/mol. The summed E-state index contributed by atoms with van der Waals surface area (Å²) in [4.78, 5) is 0. The Kier molecular flexibility index (Phi) is 2.00. The molecule has 0 saturated carbocycles. The van der Waals surface area contributed by atoms with Gasteiger partial charge in [-0.3, -0.25) is 0 Å². The molecule has 0 aromatic carbocycles. The van der Waals surface area contributed by atoms with E-state index in [1.54, 1.807) is 0 Å². The normalized spacial score (nSPS) is 43.7. The smallest absolute Gasteiger partial charge is 0.118 e. The first-order valence-electron chi connectivity index (χ1n) is 2.79. The van der Waals surface area contributed by atoms with E-state index in [2.05, 4.69) is 4.74 Å². The lowest BCUT2D eigenvalue weighted by atomic mass is 10.2. The van der Waals surface area contributed by atoms with Gasteiger partial charge in [0.15, 0.2) is 0 Å². The number of hydrogen-bond donors (Lipinski definition) is 2. The van der Waals surface area contributed by atoms with Crippen molar-refractivity contribution in [3.63, 3.8) is 0 Å². The quantitative estimate of drug-likeness (QED) is 0.490. The highest BCUT2D eigenvalue weighted by Gasteiger charge is 2.34. The molecular formula is C5H9FO3. The summed E-state index contributed by atoms with van der Waals surface area (Å²) in [5.74, 6) is 0. The molecule has 0 unspecified atom stereocenters. The van der Waals surface area contributed by atoms with Gasteiger partial charge in [0.25, 0.3) is 0 Å². The molecule has 1 heterocycles. The zero-order valence-corrected chi connectivity index (χ0v) is 4.83. The third-order valence-corrected chi connectivity index (χ3v) is 1.41. The first-order valence-corrected chi connectivity index (χ1v) is 2.79. The molecule has 0 spiro atoms. The molecule has 54 valence electrons. The lowest BCUT2D eigenvalue weighted by molar-refractivity contribution is 0.0117. The van der Waals surface area contributed by atoms with Crippen molar-refractivity contribution in [1.82, 2.24) is 0 Å². The van der Waals surface area contributed by atoms with E-state index in [-0.39, 0.29) is 6.61 Å². The van der Waals surface area contributed by atoms with Gasteiger partial charge in [-0.05, 0) is 0 Å². The minimum atomic E-state index is -1.05. The van der Waals surface area contributed by atoms with Crippen LogP contribution in [0.25, 0.3) is 0 Å². The Labute approximate surface area is 52.1 Å². The molecule has 0 aromatic rings. The van der Waals surface area contributed by atoms with Crippen LogP contribution in [0.15, 0.2) is 0 Å². The topological polar surface area (TPSA) is 49.7 Å². The summed E-state index contributed by atoms with van der Waals surface area (Å²) >= 11 is 0. The van der Waals surface area contributed by atoms with Gasteiger partial charge < -0.3 is 14.9 Å². The van der Waals surface area contributed by atoms with Crippen molar-refractivity contribution < 1.29 is 19.3 Å². The van der Waals surface area contributed by atoms with Gasteiger partial charge in [-0.15, -0.1) is 0 Å². The fourth-order valence-electron chi connectivity index (χ4n) is 0.803. The number of rotatable bonds is 1. The van der Waals surface area contributed by atoms with Gasteiger partial charge in [-0.2, -0.15) is 0 Å². The lowest BCUT2D eigenvalue weighted by Gasteiger charge is -2.09. The van der Waals surface area contributed by atoms with Crippen LogP contribution in [0.5, 0.6) is 0 Å². The second-order valence-corrected chi connectivity index (χ2v) is 2.08. The van der Waals surface area contributed by atoms with Crippen LogP contribution in [0.4, 0.5) is 4.39 Å². The van der Waals surface area contributed by atoms with Gasteiger partial charge in [0.05, 0.1) is 6.61 Å². The number of hydrogen-bond acceptors (Lipinski definition) is 3. The average Bonchev–Trinajstić information content (AvgIpc) is 2.15. The van der Waals surface area contributed by atoms with E-state index in [0.717, 1.165) is 0 Å². The van der Waals surface area contributed by atoms with Crippen molar-refractivity contribution in [2.75, 3.05) is 13.3 Å². The second-order valence-electron chi connectivity index (χ2n) is 2.08. The third-order valence-electron chi connectivity index (χ3n) is 1.41. The van der Waals surface area contributed by atoms with E-state index in [4.69, 9.17) is 10.2 Å². The zero-order valence-electron chi connectivity index (χ0n) is 4.83. The maximum atomic E-state index is 11.7. The van der Waals surface area contributed by atoms with Gasteiger partial charge >= 0.3 is 0 Å². The van der Waals surface area contributed by atoms with Crippen molar-refractivity contribution in [1.29, 1.82) is 0 Å². The Bertz CT molecular complexity index is 98.2. The molecule has 0 aromatic heterocycles. The van der Waals surface area contributed by atoms with E-state index in [9.17, 15) is 4.39 Å². The predicted molar refractivity (Wildman–Crippen MR) is 27.7 cm³/mol. The van der Waals surface area contributed by atoms with Gasteiger partial charge in [0.2, 0.25) is 0 Å². The van der Waals surface area contributed by atoms with Crippen LogP contribution in [-0.2, 0) is 4.74 Å². The molecule has 0 amide bonds. The Morgan fingerprint density at radius 1 is 1.56 bits per heavy atom. The lowest BCUT2D eigenvalue weighted by Crippen LogP contribution is -2.30. The van der Waals surface area contributed by atoms with Crippen molar-refractivity contribution in [2.45, 2.75) is 18.3 Å². The highest BCUT2D eigenvalue weighted by Crippen LogP contribution is 2.13. The summed E-state index contributed by atoms with van der Waals surface area (Å²) in [6, 6.07) is 0.